The Balaban J connectivity index is 2.73. The molecule has 0 spiro atoms. The van der Waals surface area contributed by atoms with Crippen molar-refractivity contribution in [3.63, 3.8) is 0 Å². The van der Waals surface area contributed by atoms with Gasteiger partial charge in [0.05, 0.1) is 22.9 Å². The largest absolute Gasteiger partial charge is 0.481 e. The summed E-state index contributed by atoms with van der Waals surface area (Å²) in [5.41, 5.74) is 0.432. The van der Waals surface area contributed by atoms with Crippen molar-refractivity contribution < 1.29 is 18.3 Å². The van der Waals surface area contributed by atoms with E-state index in [0.717, 1.165) is 0 Å². The Bertz CT molecular complexity index is 486. The monoisotopic (exact) mass is 263 g/mol. The summed E-state index contributed by atoms with van der Waals surface area (Å²) in [6.45, 7) is 0. The molecule has 0 aliphatic heterocycles. The Morgan fingerprint density at radius 2 is 2.19 bits per heavy atom. The van der Waals surface area contributed by atoms with Gasteiger partial charge in [0.15, 0.2) is 9.84 Å². The van der Waals surface area contributed by atoms with Crippen molar-refractivity contribution in [1.29, 1.82) is 0 Å². The van der Waals surface area contributed by atoms with Gasteiger partial charge in [0.25, 0.3) is 0 Å². The van der Waals surface area contributed by atoms with Crippen LogP contribution in [0.4, 0.5) is 0 Å². The molecule has 1 N–H and O–H groups in total. The lowest BCUT2D eigenvalue weighted by Gasteiger charge is -2.04. The third-order valence-corrected chi connectivity index (χ3v) is 3.78. The highest BCUT2D eigenvalue weighted by molar-refractivity contribution is 7.90. The summed E-state index contributed by atoms with van der Waals surface area (Å²) in [6, 6.07) is 1.50. The van der Waals surface area contributed by atoms with E-state index in [-0.39, 0.29) is 16.5 Å². The lowest BCUT2D eigenvalue weighted by Crippen LogP contribution is -2.13. The maximum absolute atomic E-state index is 11.5. The van der Waals surface area contributed by atoms with Gasteiger partial charge in [-0.1, -0.05) is 11.6 Å². The van der Waals surface area contributed by atoms with Crippen molar-refractivity contribution in [2.45, 2.75) is 12.2 Å². The van der Waals surface area contributed by atoms with Gasteiger partial charge in [0.1, 0.15) is 0 Å². The summed E-state index contributed by atoms with van der Waals surface area (Å²) in [5.74, 6) is -1.78. The number of carboxylic acids is 1. The number of rotatable bonds is 5. The molecule has 0 aromatic carbocycles. The molecular formula is C9H10ClNO4S. The first-order valence-corrected chi connectivity index (χ1v) is 6.61. The van der Waals surface area contributed by atoms with Gasteiger partial charge < -0.3 is 5.11 Å². The van der Waals surface area contributed by atoms with Crippen LogP contribution in [0, 0.1) is 0 Å². The molecule has 0 aliphatic carbocycles. The third kappa shape index (κ3) is 4.16. The minimum atomic E-state index is -3.45. The number of nitrogens with zero attached hydrogens (tertiary/aromatic N) is 1. The zero-order valence-electron chi connectivity index (χ0n) is 8.26. The molecule has 0 aliphatic rings. The second-order valence-corrected chi connectivity index (χ2v) is 5.79. The van der Waals surface area contributed by atoms with E-state index in [9.17, 15) is 13.2 Å². The van der Waals surface area contributed by atoms with Crippen LogP contribution in [-0.2, 0) is 20.4 Å². The molecule has 0 amide bonds. The molecule has 16 heavy (non-hydrogen) atoms. The second-order valence-electron chi connectivity index (χ2n) is 3.20. The van der Waals surface area contributed by atoms with Crippen molar-refractivity contribution >= 4 is 27.4 Å². The van der Waals surface area contributed by atoms with E-state index in [1.165, 1.54) is 18.5 Å². The number of pyridine rings is 1. The SMILES string of the molecule is O=C(O)CCS(=O)(=O)Cc1ccncc1Cl. The number of carboxylic acid groups (broad SMARTS) is 1. The molecular weight excluding hydrogens is 254 g/mol. The standard InChI is InChI=1S/C9H10ClNO4S/c10-8-5-11-3-1-7(8)6-16(14,15)4-2-9(12)13/h1,3,5H,2,4,6H2,(H,12,13). The summed E-state index contributed by atoms with van der Waals surface area (Å²) in [5, 5.41) is 8.66. The van der Waals surface area contributed by atoms with Crippen molar-refractivity contribution in [2.24, 2.45) is 0 Å². The molecule has 0 bridgehead atoms. The van der Waals surface area contributed by atoms with Crippen molar-refractivity contribution in [3.05, 3.63) is 29.0 Å². The molecule has 0 fully saturated rings. The van der Waals surface area contributed by atoms with E-state index in [0.29, 0.717) is 5.56 Å². The number of aliphatic carboxylic acids is 1. The quantitative estimate of drug-likeness (QED) is 0.861. The van der Waals surface area contributed by atoms with Gasteiger partial charge in [-0.15, -0.1) is 0 Å². The summed E-state index contributed by atoms with van der Waals surface area (Å²) in [7, 11) is -3.45. The maximum Gasteiger partial charge on any atom is 0.304 e. The first-order valence-electron chi connectivity index (χ1n) is 4.41. The van der Waals surface area contributed by atoms with E-state index >= 15 is 0 Å². The fourth-order valence-electron chi connectivity index (χ4n) is 1.07. The highest BCUT2D eigenvalue weighted by Crippen LogP contribution is 2.16. The number of sulfone groups is 1. The highest BCUT2D eigenvalue weighted by atomic mass is 35.5. The predicted molar refractivity (Wildman–Crippen MR) is 59.0 cm³/mol. The zero-order chi connectivity index (χ0) is 12.2. The van der Waals surface area contributed by atoms with E-state index in [4.69, 9.17) is 16.7 Å². The Labute approximate surface area is 98.0 Å². The van der Waals surface area contributed by atoms with Crippen molar-refractivity contribution in [2.75, 3.05) is 5.75 Å². The third-order valence-electron chi connectivity index (χ3n) is 1.86. The average Bonchev–Trinajstić information content (AvgIpc) is 2.19. The van der Waals surface area contributed by atoms with Gasteiger partial charge in [-0.25, -0.2) is 8.42 Å². The van der Waals surface area contributed by atoms with Crippen molar-refractivity contribution in [3.8, 4) is 0 Å². The molecule has 0 saturated heterocycles. The van der Waals surface area contributed by atoms with Crippen LogP contribution >= 0.6 is 11.6 Å². The lowest BCUT2D eigenvalue weighted by molar-refractivity contribution is -0.136. The Hall–Kier alpha value is -1.14. The van der Waals surface area contributed by atoms with Crippen LogP contribution in [-0.4, -0.2) is 30.2 Å². The fraction of sp³-hybridized carbons (Fsp3) is 0.333. The number of halogens is 1. The minimum absolute atomic E-state index is 0.262. The lowest BCUT2D eigenvalue weighted by atomic mass is 10.3. The molecule has 0 radical (unpaired) electrons. The Kier molecular flexibility index (Phi) is 4.26. The molecule has 1 rings (SSSR count). The Morgan fingerprint density at radius 1 is 1.50 bits per heavy atom. The van der Waals surface area contributed by atoms with Gasteiger partial charge >= 0.3 is 5.97 Å². The molecule has 7 heteroatoms. The number of carbonyl (C=O) groups is 1. The molecule has 1 heterocycles. The molecule has 1 aromatic rings. The summed E-state index contributed by atoms with van der Waals surface area (Å²) in [6.07, 6.45) is 2.39. The molecule has 1 aromatic heterocycles. The normalized spacial score (nSPS) is 11.3. The van der Waals surface area contributed by atoms with Crippen molar-refractivity contribution in [1.82, 2.24) is 4.98 Å². The number of hydrogen-bond donors (Lipinski definition) is 1. The first-order chi connectivity index (χ1) is 7.41. The average molecular weight is 264 g/mol. The van der Waals surface area contributed by atoms with Gasteiger partial charge in [-0.3, -0.25) is 9.78 Å². The maximum atomic E-state index is 11.5. The molecule has 0 atom stereocenters. The molecule has 0 saturated carbocycles. The number of hydrogen-bond acceptors (Lipinski definition) is 4. The fourth-order valence-corrected chi connectivity index (χ4v) is 2.69. The Morgan fingerprint density at radius 3 is 2.75 bits per heavy atom. The predicted octanol–water partition coefficient (Wildman–Crippen LogP) is 1.12. The highest BCUT2D eigenvalue weighted by Gasteiger charge is 2.15. The molecule has 88 valence electrons. The van der Waals surface area contributed by atoms with Crippen LogP contribution in [0.1, 0.15) is 12.0 Å². The van der Waals surface area contributed by atoms with Crippen LogP contribution in [0.25, 0.3) is 0 Å². The summed E-state index contributed by atoms with van der Waals surface area (Å²) < 4.78 is 23.0. The van der Waals surface area contributed by atoms with Gasteiger partial charge in [-0.05, 0) is 11.6 Å². The van der Waals surface area contributed by atoms with Gasteiger partial charge in [-0.2, -0.15) is 0 Å². The summed E-state index contributed by atoms with van der Waals surface area (Å²) >= 11 is 5.75. The smallest absolute Gasteiger partial charge is 0.304 e. The van der Waals surface area contributed by atoms with E-state index in [1.54, 1.807) is 0 Å². The van der Waals surface area contributed by atoms with Gasteiger partial charge in [0.2, 0.25) is 0 Å². The van der Waals surface area contributed by atoms with Crippen LogP contribution in [0.15, 0.2) is 18.5 Å². The van der Waals surface area contributed by atoms with E-state index in [2.05, 4.69) is 4.98 Å². The van der Waals surface area contributed by atoms with Crippen LogP contribution in [0.2, 0.25) is 5.02 Å². The van der Waals surface area contributed by atoms with E-state index < -0.39 is 22.2 Å². The van der Waals surface area contributed by atoms with E-state index in [1.807, 2.05) is 0 Å². The minimum Gasteiger partial charge on any atom is -0.481 e. The van der Waals surface area contributed by atoms with Crippen LogP contribution < -0.4 is 0 Å². The molecule has 5 nitrogen and oxygen atoms in total. The topological polar surface area (TPSA) is 84.3 Å². The molecule has 0 unspecified atom stereocenters. The first kappa shape index (κ1) is 12.9. The van der Waals surface area contributed by atoms with Gasteiger partial charge in [0, 0.05) is 12.4 Å². The zero-order valence-corrected chi connectivity index (χ0v) is 9.83. The number of aromatic nitrogens is 1. The summed E-state index contributed by atoms with van der Waals surface area (Å²) in [4.78, 5) is 14.0. The second kappa shape index (κ2) is 5.27. The van der Waals surface area contributed by atoms with Crippen LogP contribution in [0.3, 0.4) is 0 Å². The van der Waals surface area contributed by atoms with Crippen LogP contribution in [0.5, 0.6) is 0 Å².